The summed E-state index contributed by atoms with van der Waals surface area (Å²) in [6.45, 7) is 0. The number of nitrogens with one attached hydrogen (secondary N) is 2. The largest absolute Gasteiger partial charge is 0.481 e. The summed E-state index contributed by atoms with van der Waals surface area (Å²) in [5.41, 5.74) is -1.26. The normalized spacial score (nSPS) is 11.5. The Morgan fingerprint density at radius 1 is 0.538 bits per heavy atom. The highest BCUT2D eigenvalue weighted by atomic mass is 19.4. The number of alkyl halides is 6. The lowest BCUT2D eigenvalue weighted by atomic mass is 10.0. The number of benzene rings is 2. The average molecular weight is 719 g/mol. The first kappa shape index (κ1) is 35.2. The highest BCUT2D eigenvalue weighted by Gasteiger charge is 2.36. The number of pyridine rings is 2. The Morgan fingerprint density at radius 2 is 0.923 bits per heavy atom. The van der Waals surface area contributed by atoms with Crippen LogP contribution in [0, 0.1) is 0 Å². The zero-order valence-electron chi connectivity index (χ0n) is 26.9. The molecule has 0 radical (unpaired) electrons. The number of aromatic nitrogens is 6. The van der Waals surface area contributed by atoms with Crippen molar-refractivity contribution >= 4 is 29.1 Å². The van der Waals surface area contributed by atoms with Gasteiger partial charge >= 0.3 is 12.4 Å². The van der Waals surface area contributed by atoms with E-state index < -0.39 is 23.5 Å². The maximum Gasteiger partial charge on any atom is 0.419 e. The Hall–Kier alpha value is -6.65. The van der Waals surface area contributed by atoms with Gasteiger partial charge in [0.05, 0.1) is 25.6 Å². The molecule has 17 heteroatoms. The Morgan fingerprint density at radius 3 is 1.23 bits per heavy atom. The summed E-state index contributed by atoms with van der Waals surface area (Å²) in [4.78, 5) is 36.9. The van der Waals surface area contributed by atoms with Crippen LogP contribution in [0.2, 0.25) is 0 Å². The summed E-state index contributed by atoms with van der Waals surface area (Å²) in [5.74, 6) is -0.148. The van der Waals surface area contributed by atoms with E-state index >= 15 is 0 Å². The second-order valence-electron chi connectivity index (χ2n) is 10.8. The van der Waals surface area contributed by atoms with Crippen molar-refractivity contribution in [1.82, 2.24) is 29.9 Å². The third kappa shape index (κ3) is 7.88. The molecule has 0 atom stereocenters. The fourth-order valence-corrected chi connectivity index (χ4v) is 4.86. The number of carbonyl (C=O) groups is 1. The first-order valence-corrected chi connectivity index (χ1v) is 15.0. The minimum Gasteiger partial charge on any atom is -0.481 e. The Labute approximate surface area is 290 Å². The lowest BCUT2D eigenvalue weighted by Crippen LogP contribution is -2.11. The molecular weight excluding hydrogens is 694 g/mol. The molecule has 0 aliphatic rings. The molecule has 0 bridgehead atoms. The van der Waals surface area contributed by atoms with Crippen molar-refractivity contribution in [3.8, 4) is 34.3 Å². The van der Waals surface area contributed by atoms with E-state index in [1.54, 1.807) is 0 Å². The first-order valence-electron chi connectivity index (χ1n) is 15.0. The number of rotatable bonds is 10. The van der Waals surface area contributed by atoms with Crippen LogP contribution < -0.4 is 20.1 Å². The summed E-state index contributed by atoms with van der Waals surface area (Å²) in [7, 11) is 2.76. The van der Waals surface area contributed by atoms with Gasteiger partial charge in [0.25, 0.3) is 0 Å². The lowest BCUT2D eigenvalue weighted by molar-refractivity contribution is -0.138. The third-order valence-electron chi connectivity index (χ3n) is 7.43. The molecule has 2 aromatic carbocycles. The number of hydrogen-bond acceptors (Lipinski definition) is 11. The Kier molecular flexibility index (Phi) is 9.67. The maximum absolute atomic E-state index is 13.7. The smallest absolute Gasteiger partial charge is 0.419 e. The maximum atomic E-state index is 13.7. The number of methoxy groups -OCH3 is 2. The molecule has 0 saturated carbocycles. The van der Waals surface area contributed by atoms with E-state index in [0.717, 1.165) is 0 Å². The van der Waals surface area contributed by atoms with Crippen LogP contribution in [0.15, 0.2) is 97.6 Å². The average Bonchev–Trinajstić information content (AvgIpc) is 3.14. The van der Waals surface area contributed by atoms with Crippen molar-refractivity contribution in [3.05, 3.63) is 120 Å². The van der Waals surface area contributed by atoms with Gasteiger partial charge in [0.2, 0.25) is 23.7 Å². The highest BCUT2D eigenvalue weighted by Crippen LogP contribution is 2.38. The zero-order valence-corrected chi connectivity index (χ0v) is 26.9. The van der Waals surface area contributed by atoms with Gasteiger partial charge in [-0.3, -0.25) is 4.79 Å². The third-order valence-corrected chi connectivity index (χ3v) is 7.43. The summed E-state index contributed by atoms with van der Waals surface area (Å²) >= 11 is 0. The van der Waals surface area contributed by atoms with Gasteiger partial charge in [0, 0.05) is 70.5 Å². The number of halogens is 6. The minimum absolute atomic E-state index is 0.100. The van der Waals surface area contributed by atoms with Crippen LogP contribution in [0.5, 0.6) is 11.8 Å². The van der Waals surface area contributed by atoms with Gasteiger partial charge in [-0.05, 0) is 60.7 Å². The summed E-state index contributed by atoms with van der Waals surface area (Å²) < 4.78 is 92.4. The Bertz CT molecular complexity index is 2040. The van der Waals surface area contributed by atoms with E-state index in [-0.39, 0.29) is 52.0 Å². The fraction of sp³-hybridized carbons (Fsp3) is 0.114. The molecule has 2 N–H and O–H groups in total. The monoisotopic (exact) mass is 718 g/mol. The van der Waals surface area contributed by atoms with E-state index in [2.05, 4.69) is 40.5 Å². The van der Waals surface area contributed by atoms with Gasteiger partial charge in [-0.15, -0.1) is 0 Å². The van der Waals surface area contributed by atoms with Gasteiger partial charge < -0.3 is 20.1 Å². The number of nitrogens with zero attached hydrogens (tertiary/aromatic N) is 6. The molecule has 52 heavy (non-hydrogen) atoms. The predicted molar refractivity (Wildman–Crippen MR) is 177 cm³/mol. The van der Waals surface area contributed by atoms with Crippen LogP contribution in [0.1, 0.15) is 27.0 Å². The van der Waals surface area contributed by atoms with E-state index in [1.807, 2.05) is 0 Å². The van der Waals surface area contributed by atoms with Crippen LogP contribution in [-0.2, 0) is 12.4 Å². The van der Waals surface area contributed by atoms with E-state index in [4.69, 9.17) is 9.47 Å². The molecule has 0 amide bonds. The molecule has 4 heterocycles. The summed E-state index contributed by atoms with van der Waals surface area (Å²) in [6.07, 6.45) is -5.68. The first-order chi connectivity index (χ1) is 24.8. The molecule has 6 aromatic rings. The van der Waals surface area contributed by atoms with Gasteiger partial charge in [0.1, 0.15) is 11.1 Å². The molecule has 0 unspecified atom stereocenters. The van der Waals surface area contributed by atoms with Crippen LogP contribution in [0.25, 0.3) is 22.5 Å². The van der Waals surface area contributed by atoms with Gasteiger partial charge in [-0.25, -0.2) is 29.9 Å². The Balaban J connectivity index is 1.16. The second kappa shape index (κ2) is 14.3. The SMILES string of the molecule is COc1ccc(-c2nc(Nc3ccc(C(=O)c4ccc(Nc5ncc(C(F)(F)F)c(-c6ccc(OC)nc6)n5)cc4)cc3)ncc2C(F)(F)F)cn1. The van der Waals surface area contributed by atoms with Crippen molar-refractivity contribution < 1.29 is 40.6 Å². The minimum atomic E-state index is -4.72. The number of anilines is 4. The highest BCUT2D eigenvalue weighted by molar-refractivity contribution is 6.09. The molecule has 6 rings (SSSR count). The van der Waals surface area contributed by atoms with Crippen LogP contribution in [0.3, 0.4) is 0 Å². The van der Waals surface area contributed by atoms with Crippen LogP contribution in [-0.4, -0.2) is 49.9 Å². The van der Waals surface area contributed by atoms with Crippen molar-refractivity contribution in [2.45, 2.75) is 12.4 Å². The molecule has 264 valence electrons. The molecule has 4 aromatic heterocycles. The molecule has 11 nitrogen and oxygen atoms in total. The summed E-state index contributed by atoms with van der Waals surface area (Å²) in [5, 5.41) is 5.69. The van der Waals surface area contributed by atoms with E-state index in [0.29, 0.717) is 34.9 Å². The van der Waals surface area contributed by atoms with Gasteiger partial charge in [-0.1, -0.05) is 0 Å². The zero-order chi connectivity index (χ0) is 37.0. The quantitative estimate of drug-likeness (QED) is 0.105. The number of ketones is 1. The van der Waals surface area contributed by atoms with Crippen LogP contribution >= 0.6 is 0 Å². The van der Waals surface area contributed by atoms with Crippen molar-refractivity contribution in [2.75, 3.05) is 24.9 Å². The van der Waals surface area contributed by atoms with Gasteiger partial charge in [0.15, 0.2) is 5.78 Å². The molecule has 0 fully saturated rings. The standard InChI is InChI=1S/C35H24F6N8O3/c1-51-27-13-7-21(15-42-27)29-25(34(36,37)38)17-44-32(48-29)46-23-9-3-19(4-10-23)31(50)20-5-11-24(12-6-20)47-33-45-18-26(35(39,40)41)30(49-33)22-8-14-28(52-2)43-16-22/h3-18H,1-2H3,(H,44,46,48)(H,45,47,49). The van der Waals surface area contributed by atoms with Crippen molar-refractivity contribution in [2.24, 2.45) is 0 Å². The number of carbonyl (C=O) groups excluding carboxylic acids is 1. The molecule has 0 aliphatic heterocycles. The van der Waals surface area contributed by atoms with Crippen molar-refractivity contribution in [3.63, 3.8) is 0 Å². The number of hydrogen-bond donors (Lipinski definition) is 2. The second-order valence-corrected chi connectivity index (χ2v) is 10.8. The van der Waals surface area contributed by atoms with E-state index in [9.17, 15) is 31.1 Å². The molecular formula is C35H24F6N8O3. The molecule has 0 spiro atoms. The number of ether oxygens (including phenoxy) is 2. The fourth-order valence-electron chi connectivity index (χ4n) is 4.86. The molecule has 0 aliphatic carbocycles. The van der Waals surface area contributed by atoms with Crippen molar-refractivity contribution in [1.29, 1.82) is 0 Å². The topological polar surface area (TPSA) is 137 Å². The lowest BCUT2D eigenvalue weighted by Gasteiger charge is -2.14. The van der Waals surface area contributed by atoms with E-state index in [1.165, 1.54) is 99.4 Å². The molecule has 0 saturated heterocycles. The van der Waals surface area contributed by atoms with Crippen LogP contribution in [0.4, 0.5) is 49.6 Å². The predicted octanol–water partition coefficient (Wildman–Crippen LogP) is 8.16. The van der Waals surface area contributed by atoms with Gasteiger partial charge in [-0.2, -0.15) is 26.3 Å². The summed E-state index contributed by atoms with van der Waals surface area (Å²) in [6, 6.07) is 17.8.